The van der Waals surface area contributed by atoms with Gasteiger partial charge in [0.05, 0.1) is 12.1 Å². The van der Waals surface area contributed by atoms with Gasteiger partial charge in [-0.25, -0.2) is 4.79 Å². The maximum absolute atomic E-state index is 11.4. The Bertz CT molecular complexity index is 748. The molecule has 0 fully saturated rings. The highest BCUT2D eigenvalue weighted by Crippen LogP contribution is 2.40. The molecule has 0 unspecified atom stereocenters. The van der Waals surface area contributed by atoms with Crippen LogP contribution in [0.1, 0.15) is 30.9 Å². The minimum atomic E-state index is -0.913. The van der Waals surface area contributed by atoms with Crippen molar-refractivity contribution >= 4 is 34.4 Å². The largest absolute Gasteiger partial charge is 0.495 e. The van der Waals surface area contributed by atoms with E-state index in [9.17, 15) is 9.90 Å². The molecule has 116 valence electrons. The lowest BCUT2D eigenvalue weighted by atomic mass is 9.96. The zero-order chi connectivity index (χ0) is 16.3. The molecule has 0 bridgehead atoms. The number of benzene rings is 2. The summed E-state index contributed by atoms with van der Waals surface area (Å²) < 4.78 is 5.45. The maximum Gasteiger partial charge on any atom is 0.331 e. The van der Waals surface area contributed by atoms with E-state index in [1.165, 1.54) is 0 Å². The Hall–Kier alpha value is -2.00. The summed E-state index contributed by atoms with van der Waals surface area (Å²) in [6.07, 6.45) is 2.93. The van der Waals surface area contributed by atoms with Crippen molar-refractivity contribution in [1.29, 1.82) is 0 Å². The van der Waals surface area contributed by atoms with Gasteiger partial charge in [0, 0.05) is 16.5 Å². The van der Waals surface area contributed by atoms with Crippen LogP contribution in [0.5, 0.6) is 5.75 Å². The summed E-state index contributed by atoms with van der Waals surface area (Å²) in [5, 5.41) is 11.7. The second-order valence-electron chi connectivity index (χ2n) is 5.16. The highest BCUT2D eigenvalue weighted by molar-refractivity contribution is 6.35. The van der Waals surface area contributed by atoms with Crippen molar-refractivity contribution in [3.8, 4) is 5.75 Å². The monoisotopic (exact) mass is 318 g/mol. The van der Waals surface area contributed by atoms with Crippen LogP contribution >= 0.6 is 11.6 Å². The average molecular weight is 319 g/mol. The SMILES string of the molecule is CCC/C(=C\c1c(Cl)c(OC)c2ccccc2c1C)C(=O)O. The fourth-order valence-electron chi connectivity index (χ4n) is 2.61. The highest BCUT2D eigenvalue weighted by atomic mass is 35.5. The zero-order valence-corrected chi connectivity index (χ0v) is 13.7. The molecule has 0 radical (unpaired) electrons. The Morgan fingerprint density at radius 3 is 2.50 bits per heavy atom. The van der Waals surface area contributed by atoms with Gasteiger partial charge in [0.2, 0.25) is 0 Å². The van der Waals surface area contributed by atoms with Crippen molar-refractivity contribution in [1.82, 2.24) is 0 Å². The summed E-state index contributed by atoms with van der Waals surface area (Å²) in [6.45, 7) is 3.90. The molecule has 0 spiro atoms. The van der Waals surface area contributed by atoms with Crippen LogP contribution in [-0.4, -0.2) is 18.2 Å². The van der Waals surface area contributed by atoms with Crippen molar-refractivity contribution < 1.29 is 14.6 Å². The number of hydrogen-bond acceptors (Lipinski definition) is 2. The first kappa shape index (κ1) is 16.4. The van der Waals surface area contributed by atoms with E-state index in [1.807, 2.05) is 38.1 Å². The van der Waals surface area contributed by atoms with Crippen LogP contribution in [-0.2, 0) is 4.79 Å². The number of aliphatic carboxylic acids is 1. The number of carboxylic acid groups (broad SMARTS) is 1. The molecule has 3 nitrogen and oxygen atoms in total. The zero-order valence-electron chi connectivity index (χ0n) is 12.9. The molecular formula is C18H19ClO3. The molecule has 0 saturated heterocycles. The smallest absolute Gasteiger partial charge is 0.331 e. The second-order valence-corrected chi connectivity index (χ2v) is 5.53. The van der Waals surface area contributed by atoms with E-state index in [0.29, 0.717) is 28.3 Å². The lowest BCUT2D eigenvalue weighted by Gasteiger charge is -2.15. The van der Waals surface area contributed by atoms with Gasteiger partial charge >= 0.3 is 5.97 Å². The number of halogens is 1. The summed E-state index contributed by atoms with van der Waals surface area (Å²) in [4.78, 5) is 11.4. The summed E-state index contributed by atoms with van der Waals surface area (Å²) in [5.74, 6) is -0.334. The van der Waals surface area contributed by atoms with Crippen molar-refractivity contribution in [2.75, 3.05) is 7.11 Å². The Balaban J connectivity index is 2.78. The van der Waals surface area contributed by atoms with Gasteiger partial charge in [0.1, 0.15) is 5.75 Å². The first-order valence-electron chi connectivity index (χ1n) is 7.19. The minimum Gasteiger partial charge on any atom is -0.495 e. The van der Waals surface area contributed by atoms with E-state index in [0.717, 1.165) is 22.8 Å². The van der Waals surface area contributed by atoms with E-state index in [2.05, 4.69) is 0 Å². The van der Waals surface area contributed by atoms with Crippen LogP contribution in [0.2, 0.25) is 5.02 Å². The lowest BCUT2D eigenvalue weighted by Crippen LogP contribution is -2.01. The molecule has 2 rings (SSSR count). The number of carboxylic acids is 1. The highest BCUT2D eigenvalue weighted by Gasteiger charge is 2.17. The molecule has 22 heavy (non-hydrogen) atoms. The number of carbonyl (C=O) groups is 1. The van der Waals surface area contributed by atoms with Gasteiger partial charge in [-0.05, 0) is 30.4 Å². The van der Waals surface area contributed by atoms with Gasteiger partial charge in [0.15, 0.2) is 0 Å². The molecule has 0 amide bonds. The number of aryl methyl sites for hydroxylation is 1. The number of methoxy groups -OCH3 is 1. The molecular weight excluding hydrogens is 300 g/mol. The quantitative estimate of drug-likeness (QED) is 0.782. The van der Waals surface area contributed by atoms with Gasteiger partial charge in [-0.2, -0.15) is 0 Å². The third kappa shape index (κ3) is 2.95. The van der Waals surface area contributed by atoms with E-state index >= 15 is 0 Å². The van der Waals surface area contributed by atoms with Crippen LogP contribution in [0.4, 0.5) is 0 Å². The van der Waals surface area contributed by atoms with Gasteiger partial charge < -0.3 is 9.84 Å². The van der Waals surface area contributed by atoms with Crippen molar-refractivity contribution in [3.63, 3.8) is 0 Å². The standard InChI is InChI=1S/C18H19ClO3/c1-4-7-12(18(20)21)10-15-11(2)13-8-5-6-9-14(13)17(22-3)16(15)19/h5-6,8-10H,4,7H2,1-3H3,(H,20,21)/b12-10+. The van der Waals surface area contributed by atoms with E-state index in [-0.39, 0.29) is 0 Å². The maximum atomic E-state index is 11.4. The number of rotatable bonds is 5. The van der Waals surface area contributed by atoms with Gasteiger partial charge in [0.25, 0.3) is 0 Å². The van der Waals surface area contributed by atoms with Gasteiger partial charge in [-0.1, -0.05) is 49.2 Å². The predicted molar refractivity (Wildman–Crippen MR) is 90.8 cm³/mol. The normalized spacial score (nSPS) is 11.7. The predicted octanol–water partition coefficient (Wildman–Crippen LogP) is 5.08. The molecule has 0 aliphatic rings. The fourth-order valence-corrected chi connectivity index (χ4v) is 2.99. The van der Waals surface area contributed by atoms with Crippen molar-refractivity contribution in [3.05, 3.63) is 46.0 Å². The molecule has 0 atom stereocenters. The minimum absolute atomic E-state index is 0.352. The Labute approximate surface area is 135 Å². The van der Waals surface area contributed by atoms with Crippen molar-refractivity contribution in [2.24, 2.45) is 0 Å². The average Bonchev–Trinajstić information content (AvgIpc) is 2.50. The molecule has 0 aromatic heterocycles. The molecule has 2 aromatic carbocycles. The van der Waals surface area contributed by atoms with Crippen LogP contribution in [0.15, 0.2) is 29.8 Å². The lowest BCUT2D eigenvalue weighted by molar-refractivity contribution is -0.132. The van der Waals surface area contributed by atoms with Crippen LogP contribution in [0.25, 0.3) is 16.8 Å². The van der Waals surface area contributed by atoms with Crippen LogP contribution in [0.3, 0.4) is 0 Å². The molecule has 0 heterocycles. The number of ether oxygens (including phenoxy) is 1. The number of hydrogen-bond donors (Lipinski definition) is 1. The van der Waals surface area contributed by atoms with Crippen molar-refractivity contribution in [2.45, 2.75) is 26.7 Å². The number of fused-ring (bicyclic) bond motifs is 1. The Morgan fingerprint density at radius 1 is 1.32 bits per heavy atom. The summed E-state index contributed by atoms with van der Waals surface area (Å²) in [6, 6.07) is 7.81. The Kier molecular flexibility index (Phi) is 5.09. The summed E-state index contributed by atoms with van der Waals surface area (Å²) in [5.41, 5.74) is 2.02. The Morgan fingerprint density at radius 2 is 1.95 bits per heavy atom. The topological polar surface area (TPSA) is 46.5 Å². The van der Waals surface area contributed by atoms with Gasteiger partial charge in [-0.3, -0.25) is 0 Å². The van der Waals surface area contributed by atoms with E-state index < -0.39 is 5.97 Å². The van der Waals surface area contributed by atoms with Gasteiger partial charge in [-0.15, -0.1) is 0 Å². The van der Waals surface area contributed by atoms with Crippen LogP contribution < -0.4 is 4.74 Å². The molecule has 2 aromatic rings. The third-order valence-electron chi connectivity index (χ3n) is 3.73. The fraction of sp³-hybridized carbons (Fsp3) is 0.278. The third-order valence-corrected chi connectivity index (χ3v) is 4.11. The van der Waals surface area contributed by atoms with E-state index in [1.54, 1.807) is 13.2 Å². The van der Waals surface area contributed by atoms with Crippen LogP contribution in [0, 0.1) is 6.92 Å². The first-order valence-corrected chi connectivity index (χ1v) is 7.57. The molecule has 0 aliphatic carbocycles. The molecule has 1 N–H and O–H groups in total. The summed E-state index contributed by atoms with van der Waals surface area (Å²) >= 11 is 6.48. The molecule has 0 aliphatic heterocycles. The summed E-state index contributed by atoms with van der Waals surface area (Å²) in [7, 11) is 1.57. The molecule has 4 heteroatoms. The molecule has 0 saturated carbocycles. The van der Waals surface area contributed by atoms with E-state index in [4.69, 9.17) is 16.3 Å². The first-order chi connectivity index (χ1) is 10.5. The second kappa shape index (κ2) is 6.84.